The third-order valence-corrected chi connectivity index (χ3v) is 6.48. The Bertz CT molecular complexity index is 618. The summed E-state index contributed by atoms with van der Waals surface area (Å²) in [6.07, 6.45) is 7.65. The maximum atomic E-state index is 13.2. The summed E-state index contributed by atoms with van der Waals surface area (Å²) in [7, 11) is 1.68. The molecule has 2 bridgehead atoms. The van der Waals surface area contributed by atoms with Crippen LogP contribution in [0.1, 0.15) is 50.5 Å². The van der Waals surface area contributed by atoms with Crippen molar-refractivity contribution in [1.29, 1.82) is 0 Å². The van der Waals surface area contributed by atoms with Crippen LogP contribution in [0, 0.1) is 11.8 Å². The van der Waals surface area contributed by atoms with Gasteiger partial charge < -0.3 is 15.8 Å². The molecule has 3 aliphatic rings. The minimum atomic E-state index is -0.375. The third-order valence-electron chi connectivity index (χ3n) is 6.48. The number of nitrogens with two attached hydrogens (primary N) is 1. The van der Waals surface area contributed by atoms with Crippen LogP contribution in [0.3, 0.4) is 0 Å². The highest BCUT2D eigenvalue weighted by atomic mass is 35.5. The Morgan fingerprint density at radius 1 is 1.20 bits per heavy atom. The highest BCUT2D eigenvalue weighted by molar-refractivity contribution is 5.92. The van der Waals surface area contributed by atoms with Crippen LogP contribution in [0.2, 0.25) is 0 Å². The zero-order valence-electron chi connectivity index (χ0n) is 14.9. The number of ether oxygens (including phenoxy) is 1. The minimum absolute atomic E-state index is 0. The molecule has 0 spiro atoms. The maximum Gasteiger partial charge on any atom is 0.231 e. The fourth-order valence-corrected chi connectivity index (χ4v) is 5.10. The Hall–Kier alpha value is -1.26. The van der Waals surface area contributed by atoms with Crippen LogP contribution < -0.4 is 15.8 Å². The van der Waals surface area contributed by atoms with E-state index in [2.05, 4.69) is 5.32 Å². The molecular weight excluding hydrogens is 336 g/mol. The van der Waals surface area contributed by atoms with Gasteiger partial charge in [0.2, 0.25) is 5.91 Å². The first-order chi connectivity index (χ1) is 11.6. The molecule has 0 aliphatic heterocycles. The van der Waals surface area contributed by atoms with Crippen molar-refractivity contribution in [2.45, 2.75) is 62.4 Å². The van der Waals surface area contributed by atoms with Gasteiger partial charge in [-0.1, -0.05) is 24.6 Å². The SMILES string of the molecule is COc1ccccc1C1(C(=O)NC2C3CCCC2CC(N)C3)CC1.Cl. The quantitative estimate of drug-likeness (QED) is 0.862. The lowest BCUT2D eigenvalue weighted by Crippen LogP contribution is -2.55. The van der Waals surface area contributed by atoms with Gasteiger partial charge in [-0.2, -0.15) is 0 Å². The molecule has 1 amide bonds. The van der Waals surface area contributed by atoms with E-state index in [1.54, 1.807) is 7.11 Å². The molecule has 2 atom stereocenters. The second-order valence-corrected chi connectivity index (χ2v) is 7.96. The summed E-state index contributed by atoms with van der Waals surface area (Å²) in [5.74, 6) is 2.15. The van der Waals surface area contributed by atoms with E-state index in [4.69, 9.17) is 10.5 Å². The summed E-state index contributed by atoms with van der Waals surface area (Å²) in [6.45, 7) is 0. The molecule has 0 heterocycles. The van der Waals surface area contributed by atoms with Crippen LogP contribution in [-0.4, -0.2) is 25.1 Å². The number of carbonyl (C=O) groups is 1. The number of fused-ring (bicyclic) bond motifs is 2. The summed E-state index contributed by atoms with van der Waals surface area (Å²) in [5, 5.41) is 3.44. The number of halogens is 1. The van der Waals surface area contributed by atoms with Crippen molar-refractivity contribution in [2.24, 2.45) is 17.6 Å². The summed E-state index contributed by atoms with van der Waals surface area (Å²) in [5.41, 5.74) is 6.89. The second-order valence-electron chi connectivity index (χ2n) is 7.96. The van der Waals surface area contributed by atoms with Crippen molar-refractivity contribution in [3.05, 3.63) is 29.8 Å². The Morgan fingerprint density at radius 3 is 2.44 bits per heavy atom. The van der Waals surface area contributed by atoms with E-state index in [-0.39, 0.29) is 23.7 Å². The molecular formula is C20H29ClN2O2. The van der Waals surface area contributed by atoms with Crippen LogP contribution in [0.5, 0.6) is 5.75 Å². The summed E-state index contributed by atoms with van der Waals surface area (Å²) >= 11 is 0. The monoisotopic (exact) mass is 364 g/mol. The van der Waals surface area contributed by atoms with E-state index in [1.165, 1.54) is 19.3 Å². The number of rotatable bonds is 4. The first kappa shape index (κ1) is 18.5. The van der Waals surface area contributed by atoms with Crippen molar-refractivity contribution >= 4 is 18.3 Å². The fraction of sp³-hybridized carbons (Fsp3) is 0.650. The molecule has 25 heavy (non-hydrogen) atoms. The number of para-hydroxylation sites is 1. The van der Waals surface area contributed by atoms with Gasteiger partial charge in [0.1, 0.15) is 5.75 Å². The van der Waals surface area contributed by atoms with Crippen LogP contribution >= 0.6 is 12.4 Å². The Morgan fingerprint density at radius 2 is 1.84 bits per heavy atom. The predicted octanol–water partition coefficient (Wildman–Crippen LogP) is 3.17. The molecule has 3 saturated carbocycles. The molecule has 138 valence electrons. The Kier molecular flexibility index (Phi) is 5.31. The van der Waals surface area contributed by atoms with Gasteiger partial charge in [-0.05, 0) is 56.4 Å². The lowest BCUT2D eigenvalue weighted by molar-refractivity contribution is -0.126. The number of methoxy groups -OCH3 is 1. The average molecular weight is 365 g/mol. The molecule has 2 unspecified atom stereocenters. The zero-order valence-corrected chi connectivity index (χ0v) is 15.7. The lowest BCUT2D eigenvalue weighted by atomic mass is 9.67. The molecule has 5 heteroatoms. The van der Waals surface area contributed by atoms with Crippen LogP contribution in [0.4, 0.5) is 0 Å². The fourth-order valence-electron chi connectivity index (χ4n) is 5.10. The van der Waals surface area contributed by atoms with Crippen molar-refractivity contribution in [3.63, 3.8) is 0 Å². The van der Waals surface area contributed by atoms with E-state index >= 15 is 0 Å². The predicted molar refractivity (Wildman–Crippen MR) is 101 cm³/mol. The molecule has 4 rings (SSSR count). The van der Waals surface area contributed by atoms with Crippen LogP contribution in [-0.2, 0) is 10.2 Å². The van der Waals surface area contributed by atoms with Gasteiger partial charge >= 0.3 is 0 Å². The normalized spacial score (nSPS) is 32.2. The summed E-state index contributed by atoms with van der Waals surface area (Å²) < 4.78 is 5.50. The first-order valence-corrected chi connectivity index (χ1v) is 9.34. The average Bonchev–Trinajstić information content (AvgIpc) is 3.37. The third kappa shape index (κ3) is 3.26. The van der Waals surface area contributed by atoms with Gasteiger partial charge in [-0.3, -0.25) is 4.79 Å². The van der Waals surface area contributed by atoms with E-state index in [9.17, 15) is 4.79 Å². The molecule has 3 N–H and O–H groups in total. The van der Waals surface area contributed by atoms with E-state index in [1.807, 2.05) is 24.3 Å². The van der Waals surface area contributed by atoms with Crippen molar-refractivity contribution in [2.75, 3.05) is 7.11 Å². The molecule has 1 aromatic carbocycles. The van der Waals surface area contributed by atoms with Crippen molar-refractivity contribution in [3.8, 4) is 5.75 Å². The topological polar surface area (TPSA) is 64.3 Å². The van der Waals surface area contributed by atoms with E-state index < -0.39 is 0 Å². The van der Waals surface area contributed by atoms with Gasteiger partial charge in [0.25, 0.3) is 0 Å². The maximum absolute atomic E-state index is 13.2. The minimum Gasteiger partial charge on any atom is -0.496 e. The highest BCUT2D eigenvalue weighted by Gasteiger charge is 2.54. The van der Waals surface area contributed by atoms with E-state index in [0.717, 1.165) is 37.0 Å². The molecule has 1 aromatic rings. The van der Waals surface area contributed by atoms with Gasteiger partial charge in [-0.25, -0.2) is 0 Å². The molecule has 0 aromatic heterocycles. The van der Waals surface area contributed by atoms with Crippen LogP contribution in [0.15, 0.2) is 24.3 Å². The number of nitrogens with one attached hydrogen (secondary N) is 1. The molecule has 3 fully saturated rings. The first-order valence-electron chi connectivity index (χ1n) is 9.34. The number of amides is 1. The standard InChI is InChI=1S/C20H28N2O2.ClH/c1-24-17-8-3-2-7-16(17)20(9-10-20)19(23)22-18-13-5-4-6-14(18)12-15(21)11-13;/h2-3,7-8,13-15,18H,4-6,9-12,21H2,1H3,(H,22,23);1H. The van der Waals surface area contributed by atoms with Crippen LogP contribution in [0.25, 0.3) is 0 Å². The number of hydrogen-bond acceptors (Lipinski definition) is 3. The van der Waals surface area contributed by atoms with Crippen molar-refractivity contribution in [1.82, 2.24) is 5.32 Å². The largest absolute Gasteiger partial charge is 0.496 e. The molecule has 3 aliphatic carbocycles. The Labute approximate surface area is 156 Å². The smallest absolute Gasteiger partial charge is 0.231 e. The van der Waals surface area contributed by atoms with Gasteiger partial charge in [0.05, 0.1) is 12.5 Å². The van der Waals surface area contributed by atoms with E-state index in [0.29, 0.717) is 23.9 Å². The second kappa shape index (κ2) is 7.16. The lowest BCUT2D eigenvalue weighted by Gasteiger charge is -2.45. The Balaban J connectivity index is 0.00000182. The molecule has 0 radical (unpaired) electrons. The number of hydrogen-bond donors (Lipinski definition) is 2. The molecule has 4 nitrogen and oxygen atoms in total. The zero-order chi connectivity index (χ0) is 16.7. The van der Waals surface area contributed by atoms with Gasteiger partial charge in [0, 0.05) is 17.6 Å². The van der Waals surface area contributed by atoms with Crippen molar-refractivity contribution < 1.29 is 9.53 Å². The summed E-state index contributed by atoms with van der Waals surface area (Å²) in [4.78, 5) is 13.2. The van der Waals surface area contributed by atoms with Gasteiger partial charge in [-0.15, -0.1) is 12.4 Å². The summed E-state index contributed by atoms with van der Waals surface area (Å²) in [6, 6.07) is 8.60. The number of carbonyl (C=O) groups excluding carboxylic acids is 1. The number of benzene rings is 1. The highest BCUT2D eigenvalue weighted by Crippen LogP contribution is 2.52. The molecule has 0 saturated heterocycles. The van der Waals surface area contributed by atoms with Gasteiger partial charge in [0.15, 0.2) is 0 Å².